The second kappa shape index (κ2) is 9.71. The van der Waals surface area contributed by atoms with Crippen LogP contribution in [0.4, 0.5) is 11.4 Å². The number of ether oxygens (including phenoxy) is 2. The number of hydrogen-bond acceptors (Lipinski definition) is 6. The van der Waals surface area contributed by atoms with Gasteiger partial charge in [-0.3, -0.25) is 9.52 Å². The highest BCUT2D eigenvalue weighted by Gasteiger charge is 2.24. The lowest BCUT2D eigenvalue weighted by molar-refractivity contribution is 0.103. The Morgan fingerprint density at radius 3 is 2.29 bits per heavy atom. The molecule has 0 saturated carbocycles. The van der Waals surface area contributed by atoms with Crippen LogP contribution < -0.4 is 19.5 Å². The lowest BCUT2D eigenvalue weighted by Crippen LogP contribution is -2.18. The number of anilines is 2. The van der Waals surface area contributed by atoms with Gasteiger partial charge in [-0.1, -0.05) is 35.3 Å². The zero-order valence-corrected chi connectivity index (χ0v) is 21.0. The highest BCUT2D eigenvalue weighted by Crippen LogP contribution is 2.38. The maximum absolute atomic E-state index is 13.2. The Kier molecular flexibility index (Phi) is 6.90. The molecule has 0 aliphatic heterocycles. The third-order valence-corrected chi connectivity index (χ3v) is 8.28. The molecule has 34 heavy (non-hydrogen) atoms. The fraction of sp³-hybridized carbons (Fsp3) is 0.0870. The van der Waals surface area contributed by atoms with Crippen LogP contribution in [0, 0.1) is 0 Å². The Hall–Kier alpha value is -2.98. The smallest absolute Gasteiger partial charge is 0.267 e. The minimum absolute atomic E-state index is 0.0523. The summed E-state index contributed by atoms with van der Waals surface area (Å²) in [5, 5.41) is 3.86. The molecule has 1 aromatic heterocycles. The molecule has 11 heteroatoms. The summed E-state index contributed by atoms with van der Waals surface area (Å²) in [5.41, 5.74) is 0.252. The summed E-state index contributed by atoms with van der Waals surface area (Å²) < 4.78 is 40.1. The van der Waals surface area contributed by atoms with Crippen molar-refractivity contribution in [3.05, 3.63) is 75.6 Å². The van der Waals surface area contributed by atoms with Gasteiger partial charge in [0.05, 0.1) is 35.6 Å². The summed E-state index contributed by atoms with van der Waals surface area (Å²) in [5.74, 6) is 0.376. The lowest BCUT2D eigenvalue weighted by atomic mass is 10.2. The quantitative estimate of drug-likeness (QED) is 0.290. The van der Waals surface area contributed by atoms with Crippen molar-refractivity contribution >= 4 is 71.9 Å². The Bertz CT molecular complexity index is 1500. The zero-order chi connectivity index (χ0) is 24.5. The van der Waals surface area contributed by atoms with Crippen LogP contribution in [0.1, 0.15) is 9.67 Å². The molecule has 0 unspecified atom stereocenters. The lowest BCUT2D eigenvalue weighted by Gasteiger charge is -2.15. The summed E-state index contributed by atoms with van der Waals surface area (Å²) in [6.45, 7) is 0. The molecular formula is C23H18Cl2N2O5S2. The average Bonchev–Trinajstić information content (AvgIpc) is 3.16. The first kappa shape index (κ1) is 24.2. The molecule has 7 nitrogen and oxygen atoms in total. The van der Waals surface area contributed by atoms with Crippen molar-refractivity contribution in [3.63, 3.8) is 0 Å². The van der Waals surface area contributed by atoms with E-state index in [1.807, 2.05) is 0 Å². The fourth-order valence-electron chi connectivity index (χ4n) is 3.20. The molecule has 0 bridgehead atoms. The highest BCUT2D eigenvalue weighted by atomic mass is 35.5. The predicted molar refractivity (Wildman–Crippen MR) is 137 cm³/mol. The van der Waals surface area contributed by atoms with Crippen molar-refractivity contribution in [2.75, 3.05) is 24.3 Å². The van der Waals surface area contributed by atoms with Crippen LogP contribution in [-0.4, -0.2) is 28.5 Å². The number of para-hydroxylation sites is 1. The van der Waals surface area contributed by atoms with E-state index in [1.54, 1.807) is 49.6 Å². The number of thiophene rings is 1. The molecule has 4 aromatic rings. The van der Waals surface area contributed by atoms with E-state index in [1.165, 1.54) is 36.6 Å². The number of nitrogens with one attached hydrogen (secondary N) is 2. The van der Waals surface area contributed by atoms with Gasteiger partial charge in [-0.15, -0.1) is 11.3 Å². The second-order valence-corrected chi connectivity index (χ2v) is 10.5. The van der Waals surface area contributed by atoms with Crippen molar-refractivity contribution in [3.8, 4) is 11.5 Å². The van der Waals surface area contributed by atoms with E-state index in [4.69, 9.17) is 32.7 Å². The molecule has 4 rings (SSSR count). The number of benzene rings is 3. The van der Waals surface area contributed by atoms with Crippen molar-refractivity contribution < 1.29 is 22.7 Å². The molecule has 1 amide bonds. The van der Waals surface area contributed by atoms with Crippen molar-refractivity contribution in [1.29, 1.82) is 0 Å². The number of sulfonamides is 1. The molecule has 0 aliphatic carbocycles. The first-order chi connectivity index (χ1) is 16.2. The van der Waals surface area contributed by atoms with E-state index >= 15 is 0 Å². The van der Waals surface area contributed by atoms with Gasteiger partial charge in [0.1, 0.15) is 21.3 Å². The van der Waals surface area contributed by atoms with E-state index in [9.17, 15) is 13.2 Å². The fourth-order valence-corrected chi connectivity index (χ4v) is 6.13. The van der Waals surface area contributed by atoms with E-state index in [-0.39, 0.29) is 31.2 Å². The number of rotatable bonds is 7. The van der Waals surface area contributed by atoms with Crippen LogP contribution >= 0.6 is 34.5 Å². The maximum atomic E-state index is 13.2. The summed E-state index contributed by atoms with van der Waals surface area (Å²) in [6, 6.07) is 16.0. The minimum Gasteiger partial charge on any atom is -0.497 e. The number of hydrogen-bond donors (Lipinski definition) is 2. The van der Waals surface area contributed by atoms with Gasteiger partial charge in [0.15, 0.2) is 0 Å². The van der Waals surface area contributed by atoms with E-state index < -0.39 is 15.9 Å². The first-order valence-electron chi connectivity index (χ1n) is 9.76. The summed E-state index contributed by atoms with van der Waals surface area (Å²) in [7, 11) is -1.18. The van der Waals surface area contributed by atoms with Gasteiger partial charge in [0.25, 0.3) is 15.9 Å². The Labute approximate surface area is 210 Å². The number of halogens is 2. The van der Waals surface area contributed by atoms with Crippen molar-refractivity contribution in [2.24, 2.45) is 0 Å². The van der Waals surface area contributed by atoms with Crippen LogP contribution in [-0.2, 0) is 10.0 Å². The highest BCUT2D eigenvalue weighted by molar-refractivity contribution is 7.93. The first-order valence-corrected chi connectivity index (χ1v) is 12.8. The molecule has 0 spiro atoms. The standard InChI is InChI=1S/C23H18Cl2N2O5S2/c1-31-13-7-9-15-19(11-13)33-22(21(15)25)23(28)26-18-10-8-14(32-2)12-20(18)34(29,30)27-17-6-4-3-5-16(17)24/h3-12,27H,1-2H3,(H,26,28). The third-order valence-electron chi connectivity index (χ3n) is 4.89. The molecule has 2 N–H and O–H groups in total. The monoisotopic (exact) mass is 536 g/mol. The van der Waals surface area contributed by atoms with Gasteiger partial charge in [0, 0.05) is 16.2 Å². The van der Waals surface area contributed by atoms with Gasteiger partial charge in [-0.25, -0.2) is 8.42 Å². The van der Waals surface area contributed by atoms with E-state index in [0.29, 0.717) is 16.9 Å². The molecule has 0 fully saturated rings. The van der Waals surface area contributed by atoms with Gasteiger partial charge in [-0.2, -0.15) is 0 Å². The maximum Gasteiger partial charge on any atom is 0.267 e. The predicted octanol–water partition coefficient (Wildman–Crippen LogP) is 6.28. The molecular weight excluding hydrogens is 519 g/mol. The average molecular weight is 537 g/mol. The Morgan fingerprint density at radius 2 is 1.59 bits per heavy atom. The van der Waals surface area contributed by atoms with Crippen LogP contribution in [0.2, 0.25) is 10.0 Å². The Balaban J connectivity index is 1.71. The third kappa shape index (κ3) is 4.78. The van der Waals surface area contributed by atoms with Crippen LogP contribution in [0.15, 0.2) is 65.6 Å². The molecule has 176 valence electrons. The SMILES string of the molecule is COc1ccc(NC(=O)c2sc3cc(OC)ccc3c2Cl)c(S(=O)(=O)Nc2ccccc2Cl)c1. The molecule has 0 saturated heterocycles. The van der Waals surface area contributed by atoms with Crippen molar-refractivity contribution in [2.45, 2.75) is 4.90 Å². The van der Waals surface area contributed by atoms with Gasteiger partial charge in [0.2, 0.25) is 0 Å². The molecule has 1 heterocycles. The largest absolute Gasteiger partial charge is 0.497 e. The zero-order valence-electron chi connectivity index (χ0n) is 17.9. The second-order valence-electron chi connectivity index (χ2n) is 7.01. The molecule has 0 aliphatic rings. The van der Waals surface area contributed by atoms with Crippen LogP contribution in [0.25, 0.3) is 10.1 Å². The number of fused-ring (bicyclic) bond motifs is 1. The topological polar surface area (TPSA) is 93.7 Å². The minimum atomic E-state index is -4.15. The summed E-state index contributed by atoms with van der Waals surface area (Å²) in [6.07, 6.45) is 0. The summed E-state index contributed by atoms with van der Waals surface area (Å²) in [4.78, 5) is 13.2. The number of carbonyl (C=O) groups is 1. The number of carbonyl (C=O) groups excluding carboxylic acids is 1. The van der Waals surface area contributed by atoms with E-state index in [0.717, 1.165) is 4.70 Å². The normalized spacial score (nSPS) is 11.3. The van der Waals surface area contributed by atoms with Crippen LogP contribution in [0.5, 0.6) is 11.5 Å². The van der Waals surface area contributed by atoms with Crippen molar-refractivity contribution in [1.82, 2.24) is 0 Å². The molecule has 0 atom stereocenters. The van der Waals surface area contributed by atoms with Gasteiger partial charge >= 0.3 is 0 Å². The number of methoxy groups -OCH3 is 2. The van der Waals surface area contributed by atoms with E-state index in [2.05, 4.69) is 10.0 Å². The Morgan fingerprint density at radius 1 is 0.912 bits per heavy atom. The van der Waals surface area contributed by atoms with Crippen LogP contribution in [0.3, 0.4) is 0 Å². The summed E-state index contributed by atoms with van der Waals surface area (Å²) >= 11 is 13.7. The molecule has 3 aromatic carbocycles. The number of amides is 1. The molecule has 0 radical (unpaired) electrons. The van der Waals surface area contributed by atoms with Gasteiger partial charge < -0.3 is 14.8 Å². The van der Waals surface area contributed by atoms with Gasteiger partial charge in [-0.05, 0) is 42.5 Å².